The lowest BCUT2D eigenvalue weighted by molar-refractivity contribution is -0.138. The van der Waals surface area contributed by atoms with Crippen LogP contribution in [-0.4, -0.2) is 62.3 Å². The smallest absolute Gasteiger partial charge is 0.346 e. The Morgan fingerprint density at radius 3 is 2.04 bits per heavy atom. The maximum atomic E-state index is 11.8. The van der Waals surface area contributed by atoms with Crippen LogP contribution in [-0.2, 0) is 23.8 Å². The van der Waals surface area contributed by atoms with Gasteiger partial charge in [0, 0.05) is 13.1 Å². The molecule has 0 amide bonds. The van der Waals surface area contributed by atoms with Crippen molar-refractivity contribution in [3.05, 3.63) is 19.1 Å². The highest BCUT2D eigenvalue weighted by Gasteiger charge is 2.34. The van der Waals surface area contributed by atoms with Gasteiger partial charge in [-0.15, -0.1) is 0 Å². The van der Waals surface area contributed by atoms with E-state index in [2.05, 4.69) is 0 Å². The Bertz CT molecular complexity index is 568. The van der Waals surface area contributed by atoms with E-state index in [1.54, 1.807) is 0 Å². The quantitative estimate of drug-likeness (QED) is 0.406. The van der Waals surface area contributed by atoms with Gasteiger partial charge in [-0.1, -0.05) is 47.3 Å². The first-order valence-electron chi connectivity index (χ1n) is 6.53. The number of nitrogens with zero attached hydrogens (tertiary/aromatic N) is 1. The van der Waals surface area contributed by atoms with Crippen LogP contribution in [0.4, 0.5) is 0 Å². The van der Waals surface area contributed by atoms with Crippen molar-refractivity contribution in [2.24, 2.45) is 0 Å². The summed E-state index contributed by atoms with van der Waals surface area (Å²) < 4.78 is 15.2. The van der Waals surface area contributed by atoms with Crippen molar-refractivity contribution >= 4 is 64.3 Å². The highest BCUT2D eigenvalue weighted by molar-refractivity contribution is 8.29. The number of halogens is 1. The number of hydrogen-bond acceptors (Lipinski definition) is 8. The third-order valence-electron chi connectivity index (χ3n) is 3.00. The zero-order chi connectivity index (χ0) is 17.0. The molecule has 0 radical (unpaired) electrons. The normalized spacial score (nSPS) is 18.0. The minimum Gasteiger partial charge on any atom is -0.465 e. The first-order chi connectivity index (χ1) is 11.0. The van der Waals surface area contributed by atoms with Crippen molar-refractivity contribution in [1.29, 1.82) is 0 Å². The molecule has 0 bridgehead atoms. The van der Waals surface area contributed by atoms with E-state index in [1.165, 1.54) is 14.2 Å². The van der Waals surface area contributed by atoms with Crippen LogP contribution < -0.4 is 0 Å². The lowest BCUT2D eigenvalue weighted by Crippen LogP contribution is -2.40. The zero-order valence-corrected chi connectivity index (χ0v) is 15.6. The molecule has 0 saturated carbocycles. The molecule has 0 aromatic heterocycles. The van der Waals surface area contributed by atoms with Crippen molar-refractivity contribution in [3.8, 4) is 0 Å². The molecule has 0 aromatic carbocycles. The second-order valence-corrected chi connectivity index (χ2v) is 7.42. The highest BCUT2D eigenvalue weighted by Crippen LogP contribution is 2.52. The maximum absolute atomic E-state index is 11.8. The Labute approximate surface area is 152 Å². The van der Waals surface area contributed by atoms with Crippen molar-refractivity contribution in [3.63, 3.8) is 0 Å². The summed E-state index contributed by atoms with van der Waals surface area (Å²) >= 11 is 13.9. The minimum absolute atomic E-state index is 0.155. The number of carbonyl (C=O) groups excluding carboxylic acids is 2. The van der Waals surface area contributed by atoms with Crippen LogP contribution in [0.15, 0.2) is 19.1 Å². The molecule has 0 spiro atoms. The Kier molecular flexibility index (Phi) is 6.78. The number of thiocarbonyl (C=S) groups is 1. The summed E-state index contributed by atoms with van der Waals surface area (Å²) in [6, 6.07) is 0. The van der Waals surface area contributed by atoms with Gasteiger partial charge in [0.05, 0.1) is 36.7 Å². The molecule has 0 atom stereocenters. The molecule has 0 aliphatic carbocycles. The lowest BCUT2D eigenvalue weighted by atomic mass is 10.4. The Balaban J connectivity index is 2.23. The van der Waals surface area contributed by atoms with Crippen LogP contribution in [0.5, 0.6) is 0 Å². The van der Waals surface area contributed by atoms with E-state index >= 15 is 0 Å². The molecule has 2 aliphatic heterocycles. The van der Waals surface area contributed by atoms with Gasteiger partial charge in [-0.2, -0.15) is 0 Å². The topological polar surface area (TPSA) is 65.1 Å². The lowest BCUT2D eigenvalue weighted by Gasteiger charge is -2.29. The van der Waals surface area contributed by atoms with Gasteiger partial charge in [0.1, 0.15) is 14.8 Å². The second-order valence-electron chi connectivity index (χ2n) is 4.35. The van der Waals surface area contributed by atoms with E-state index in [9.17, 15) is 9.59 Å². The average Bonchev–Trinajstić information content (AvgIpc) is 3.05. The highest BCUT2D eigenvalue weighted by atomic mass is 35.5. The number of thioether (sulfide) groups is 2. The number of morpholine rings is 1. The van der Waals surface area contributed by atoms with E-state index < -0.39 is 11.9 Å². The molecule has 2 heterocycles. The number of methoxy groups -OCH3 is 2. The molecule has 10 heteroatoms. The fraction of sp³-hybridized carbons (Fsp3) is 0.462. The molecule has 0 N–H and O–H groups in total. The molecule has 23 heavy (non-hydrogen) atoms. The molecule has 1 fully saturated rings. The predicted molar refractivity (Wildman–Crippen MR) is 94.1 cm³/mol. The molecule has 0 unspecified atom stereocenters. The molecule has 6 nitrogen and oxygen atoms in total. The Morgan fingerprint density at radius 1 is 1.13 bits per heavy atom. The summed E-state index contributed by atoms with van der Waals surface area (Å²) in [5, 5.41) is 0.331. The van der Waals surface area contributed by atoms with Gasteiger partial charge in [-0.05, 0) is 0 Å². The maximum Gasteiger partial charge on any atom is 0.346 e. The number of carbonyl (C=O) groups is 2. The molecular weight excluding hydrogens is 382 g/mol. The van der Waals surface area contributed by atoms with Crippen molar-refractivity contribution < 1.29 is 23.8 Å². The summed E-state index contributed by atoms with van der Waals surface area (Å²) in [5.74, 6) is -1.22. The standard InChI is InChI=1S/C13H14ClNO5S3/c1-18-11(16)8-9(12(17)19-2)23-13(22-8)7(14)10(21)15-3-5-20-6-4-15/h3-6H2,1-2H3. The summed E-state index contributed by atoms with van der Waals surface area (Å²) in [7, 11) is 2.49. The number of ether oxygens (including phenoxy) is 3. The predicted octanol–water partition coefficient (Wildman–Crippen LogP) is 2.09. The van der Waals surface area contributed by atoms with Gasteiger partial charge < -0.3 is 19.1 Å². The summed E-state index contributed by atoms with van der Waals surface area (Å²) in [6.45, 7) is 2.47. The fourth-order valence-corrected chi connectivity index (χ4v) is 4.95. The van der Waals surface area contributed by atoms with Crippen molar-refractivity contribution in [2.75, 3.05) is 40.5 Å². The van der Waals surface area contributed by atoms with Crippen LogP contribution in [0.1, 0.15) is 0 Å². The summed E-state index contributed by atoms with van der Waals surface area (Å²) in [4.78, 5) is 26.4. The van der Waals surface area contributed by atoms with Crippen LogP contribution in [0.3, 0.4) is 0 Å². The molecule has 2 aliphatic rings. The monoisotopic (exact) mass is 395 g/mol. The van der Waals surface area contributed by atoms with Crippen LogP contribution in [0.25, 0.3) is 0 Å². The number of hydrogen-bond donors (Lipinski definition) is 0. The van der Waals surface area contributed by atoms with Crippen LogP contribution in [0.2, 0.25) is 0 Å². The molecule has 2 rings (SSSR count). The third-order valence-corrected chi connectivity index (χ3v) is 6.73. The Hall–Kier alpha value is -0.740. The van der Waals surface area contributed by atoms with Crippen LogP contribution in [0, 0.1) is 0 Å². The number of esters is 2. The van der Waals surface area contributed by atoms with Gasteiger partial charge in [-0.25, -0.2) is 9.59 Å². The second kappa shape index (κ2) is 8.39. The largest absolute Gasteiger partial charge is 0.465 e. The summed E-state index contributed by atoms with van der Waals surface area (Å²) in [5.41, 5.74) is 0. The summed E-state index contributed by atoms with van der Waals surface area (Å²) in [6.07, 6.45) is 0. The average molecular weight is 396 g/mol. The van der Waals surface area contributed by atoms with E-state index in [-0.39, 0.29) is 9.81 Å². The fourth-order valence-electron chi connectivity index (χ4n) is 1.84. The number of rotatable bonds is 3. The first kappa shape index (κ1) is 18.6. The van der Waals surface area contributed by atoms with Gasteiger partial charge in [0.2, 0.25) is 0 Å². The van der Waals surface area contributed by atoms with Gasteiger partial charge in [0.15, 0.2) is 0 Å². The van der Waals surface area contributed by atoms with Gasteiger partial charge in [-0.3, -0.25) is 0 Å². The first-order valence-corrected chi connectivity index (χ1v) is 8.95. The Morgan fingerprint density at radius 2 is 1.61 bits per heavy atom. The van der Waals surface area contributed by atoms with Gasteiger partial charge >= 0.3 is 11.9 Å². The SMILES string of the molecule is COC(=O)C1=C(C(=O)OC)SC(=C(Cl)C(=S)N2CCOCC2)S1. The zero-order valence-electron chi connectivity index (χ0n) is 12.4. The van der Waals surface area contributed by atoms with E-state index in [4.69, 9.17) is 38.0 Å². The van der Waals surface area contributed by atoms with Crippen molar-refractivity contribution in [2.45, 2.75) is 0 Å². The third kappa shape index (κ3) is 4.21. The molecule has 1 saturated heterocycles. The molecule has 0 aromatic rings. The molecular formula is C13H14ClNO5S3. The van der Waals surface area contributed by atoms with E-state index in [0.717, 1.165) is 23.5 Å². The minimum atomic E-state index is -0.611. The van der Waals surface area contributed by atoms with E-state index in [1.807, 2.05) is 4.90 Å². The van der Waals surface area contributed by atoms with Gasteiger partial charge in [0.25, 0.3) is 0 Å². The van der Waals surface area contributed by atoms with Crippen LogP contribution >= 0.6 is 47.3 Å². The van der Waals surface area contributed by atoms with E-state index in [0.29, 0.717) is 40.6 Å². The van der Waals surface area contributed by atoms with Crippen molar-refractivity contribution in [1.82, 2.24) is 4.90 Å². The molecule has 126 valence electrons.